The van der Waals surface area contributed by atoms with Crippen LogP contribution in [-0.2, 0) is 4.79 Å². The summed E-state index contributed by atoms with van der Waals surface area (Å²) in [5.74, 6) is -0.562. The molecule has 0 aliphatic carbocycles. The third-order valence-electron chi connectivity index (χ3n) is 2.83. The largest absolute Gasteiger partial charge is 0.364 e. The molecule has 7 heteroatoms. The lowest BCUT2D eigenvalue weighted by atomic mass is 10.2. The molecule has 1 heterocycles. The summed E-state index contributed by atoms with van der Waals surface area (Å²) in [6, 6.07) is 6.86. The van der Waals surface area contributed by atoms with Crippen molar-refractivity contribution >= 4 is 23.2 Å². The van der Waals surface area contributed by atoms with E-state index in [4.69, 9.17) is 0 Å². The van der Waals surface area contributed by atoms with Crippen molar-refractivity contribution in [2.24, 2.45) is 0 Å². The Kier molecular flexibility index (Phi) is 4.90. The molecule has 2 N–H and O–H groups in total. The maximum absolute atomic E-state index is 12.0. The summed E-state index contributed by atoms with van der Waals surface area (Å²) in [6.07, 6.45) is 1.32. The lowest BCUT2D eigenvalue weighted by Crippen LogP contribution is -2.27. The minimum atomic E-state index is -0.401. The van der Waals surface area contributed by atoms with Crippen molar-refractivity contribution in [3.8, 4) is 0 Å². The number of benzene rings is 1. The maximum atomic E-state index is 12.0. The summed E-state index contributed by atoms with van der Waals surface area (Å²) in [4.78, 5) is 25.7. The van der Waals surface area contributed by atoms with E-state index in [0.717, 1.165) is 5.56 Å². The Balaban J connectivity index is 2.17. The Labute approximate surface area is 128 Å². The number of likely N-dealkylation sites (N-methyl/N-ethyl adjacent to an activating group) is 1. The second-order valence-corrected chi connectivity index (χ2v) is 5.17. The number of hydrogen-bond donors (Lipinski definition) is 2. The molecule has 0 unspecified atom stereocenters. The molecule has 1 aromatic heterocycles. The van der Waals surface area contributed by atoms with Crippen LogP contribution in [0.15, 0.2) is 35.1 Å². The van der Waals surface area contributed by atoms with Gasteiger partial charge in [0.2, 0.25) is 5.91 Å². The summed E-state index contributed by atoms with van der Waals surface area (Å²) in [6.45, 7) is 2.15. The van der Waals surface area contributed by atoms with Crippen LogP contribution in [-0.4, -0.2) is 42.5 Å². The van der Waals surface area contributed by atoms with Gasteiger partial charge in [0, 0.05) is 6.07 Å². The number of hydrogen-bond acceptors (Lipinski definition) is 5. The molecule has 0 bridgehead atoms. The fourth-order valence-corrected chi connectivity index (χ4v) is 1.86. The first kappa shape index (κ1) is 15.7. The van der Waals surface area contributed by atoms with Gasteiger partial charge in [-0.2, -0.15) is 0 Å². The van der Waals surface area contributed by atoms with Crippen molar-refractivity contribution in [2.75, 3.05) is 31.3 Å². The van der Waals surface area contributed by atoms with Crippen LogP contribution in [0, 0.1) is 6.92 Å². The van der Waals surface area contributed by atoms with Crippen molar-refractivity contribution in [1.29, 1.82) is 0 Å². The van der Waals surface area contributed by atoms with E-state index in [2.05, 4.69) is 20.3 Å². The number of carbonyl (C=O) groups is 2. The average molecular weight is 302 g/mol. The van der Waals surface area contributed by atoms with Gasteiger partial charge >= 0.3 is 0 Å². The van der Waals surface area contributed by atoms with Crippen molar-refractivity contribution in [3.63, 3.8) is 0 Å². The van der Waals surface area contributed by atoms with Gasteiger partial charge in [-0.05, 0) is 38.7 Å². The molecule has 0 saturated heterocycles. The quantitative estimate of drug-likeness (QED) is 0.878. The average Bonchev–Trinajstić information content (AvgIpc) is 2.95. The number of aryl methyl sites for hydroxylation is 1. The summed E-state index contributed by atoms with van der Waals surface area (Å²) in [5, 5.41) is 9.09. The fraction of sp³-hybridized carbons (Fsp3) is 0.267. The van der Waals surface area contributed by atoms with Crippen LogP contribution in [0.4, 0.5) is 11.4 Å². The Morgan fingerprint density at radius 1 is 1.18 bits per heavy atom. The number of rotatable bonds is 5. The number of amides is 2. The molecule has 0 spiro atoms. The first-order valence-corrected chi connectivity index (χ1v) is 6.72. The topological polar surface area (TPSA) is 87.5 Å². The molecular formula is C15H18N4O3. The fourth-order valence-electron chi connectivity index (χ4n) is 1.86. The smallest absolute Gasteiger partial charge is 0.277 e. The van der Waals surface area contributed by atoms with E-state index in [0.29, 0.717) is 11.4 Å². The first-order valence-electron chi connectivity index (χ1n) is 6.72. The van der Waals surface area contributed by atoms with Crippen molar-refractivity contribution in [1.82, 2.24) is 10.1 Å². The van der Waals surface area contributed by atoms with E-state index in [9.17, 15) is 9.59 Å². The van der Waals surface area contributed by atoms with E-state index in [1.807, 2.05) is 27.1 Å². The van der Waals surface area contributed by atoms with Gasteiger partial charge in [-0.15, -0.1) is 0 Å². The molecule has 1 aromatic carbocycles. The molecule has 0 atom stereocenters. The highest BCUT2D eigenvalue weighted by atomic mass is 16.5. The van der Waals surface area contributed by atoms with E-state index >= 15 is 0 Å². The minimum absolute atomic E-state index is 0.161. The summed E-state index contributed by atoms with van der Waals surface area (Å²) < 4.78 is 4.65. The van der Waals surface area contributed by atoms with E-state index in [1.165, 1.54) is 12.3 Å². The van der Waals surface area contributed by atoms with Gasteiger partial charge in [-0.3, -0.25) is 9.59 Å². The minimum Gasteiger partial charge on any atom is -0.364 e. The molecule has 2 amide bonds. The molecule has 22 heavy (non-hydrogen) atoms. The predicted octanol–water partition coefficient (Wildman–Crippen LogP) is 1.74. The van der Waals surface area contributed by atoms with Crippen LogP contribution in [0.1, 0.15) is 16.1 Å². The molecule has 2 aromatic rings. The Bertz CT molecular complexity index is 665. The second-order valence-electron chi connectivity index (χ2n) is 5.17. The molecule has 0 saturated carbocycles. The second kappa shape index (κ2) is 6.86. The van der Waals surface area contributed by atoms with Crippen LogP contribution in [0.5, 0.6) is 0 Å². The van der Waals surface area contributed by atoms with E-state index in [-0.39, 0.29) is 18.1 Å². The van der Waals surface area contributed by atoms with Gasteiger partial charge in [-0.25, -0.2) is 0 Å². The highest BCUT2D eigenvalue weighted by Crippen LogP contribution is 2.23. The monoisotopic (exact) mass is 302 g/mol. The van der Waals surface area contributed by atoms with Crippen LogP contribution in [0.25, 0.3) is 0 Å². The lowest BCUT2D eigenvalue weighted by molar-refractivity contribution is -0.116. The van der Waals surface area contributed by atoms with Gasteiger partial charge < -0.3 is 20.1 Å². The lowest BCUT2D eigenvalue weighted by Gasteiger charge is -2.14. The third-order valence-corrected chi connectivity index (χ3v) is 2.83. The zero-order chi connectivity index (χ0) is 16.1. The number of aromatic nitrogens is 1. The summed E-state index contributed by atoms with van der Waals surface area (Å²) >= 11 is 0. The molecule has 7 nitrogen and oxygen atoms in total. The third kappa shape index (κ3) is 4.16. The number of carbonyl (C=O) groups excluding carboxylic acids is 2. The van der Waals surface area contributed by atoms with Crippen LogP contribution in [0.3, 0.4) is 0 Å². The van der Waals surface area contributed by atoms with Crippen LogP contribution < -0.4 is 10.6 Å². The summed E-state index contributed by atoms with van der Waals surface area (Å²) in [7, 11) is 3.62. The molecule has 116 valence electrons. The van der Waals surface area contributed by atoms with E-state index in [1.54, 1.807) is 17.0 Å². The Morgan fingerprint density at radius 3 is 2.59 bits per heavy atom. The molecule has 0 aliphatic heterocycles. The Morgan fingerprint density at radius 2 is 1.95 bits per heavy atom. The highest BCUT2D eigenvalue weighted by Gasteiger charge is 2.13. The first-order chi connectivity index (χ1) is 10.5. The maximum Gasteiger partial charge on any atom is 0.277 e. The van der Waals surface area contributed by atoms with Gasteiger partial charge in [0.05, 0.1) is 17.9 Å². The van der Waals surface area contributed by atoms with Gasteiger partial charge in [-0.1, -0.05) is 11.2 Å². The van der Waals surface area contributed by atoms with Crippen LogP contribution >= 0.6 is 0 Å². The molecule has 0 aliphatic rings. The number of anilines is 2. The van der Waals surface area contributed by atoms with Crippen molar-refractivity contribution < 1.29 is 14.1 Å². The summed E-state index contributed by atoms with van der Waals surface area (Å²) in [5.41, 5.74) is 2.18. The van der Waals surface area contributed by atoms with Crippen molar-refractivity contribution in [2.45, 2.75) is 6.92 Å². The Hall–Kier alpha value is -2.67. The van der Waals surface area contributed by atoms with Gasteiger partial charge in [0.1, 0.15) is 6.26 Å². The molecular weight excluding hydrogens is 284 g/mol. The van der Waals surface area contributed by atoms with E-state index < -0.39 is 5.91 Å². The molecule has 2 rings (SSSR count). The zero-order valence-electron chi connectivity index (χ0n) is 12.7. The normalized spacial score (nSPS) is 10.5. The van der Waals surface area contributed by atoms with Crippen LogP contribution in [0.2, 0.25) is 0 Å². The SMILES string of the molecule is Cc1ccc(NC(=O)CN(C)C)c(NC(=O)c2ccon2)c1. The van der Waals surface area contributed by atoms with Crippen molar-refractivity contribution in [3.05, 3.63) is 41.8 Å². The predicted molar refractivity (Wildman–Crippen MR) is 82.8 cm³/mol. The molecule has 0 radical (unpaired) electrons. The molecule has 0 fully saturated rings. The van der Waals surface area contributed by atoms with Gasteiger partial charge in [0.15, 0.2) is 5.69 Å². The van der Waals surface area contributed by atoms with Gasteiger partial charge in [0.25, 0.3) is 5.91 Å². The highest BCUT2D eigenvalue weighted by molar-refractivity contribution is 6.06. The number of nitrogens with one attached hydrogen (secondary N) is 2. The standard InChI is InChI=1S/C15H18N4O3/c1-10-4-5-11(16-14(20)9-19(2)3)13(8-10)17-15(21)12-6-7-22-18-12/h4-8H,9H2,1-3H3,(H,16,20)(H,17,21). The number of nitrogens with zero attached hydrogens (tertiary/aromatic N) is 2. The zero-order valence-corrected chi connectivity index (χ0v) is 12.7.